The van der Waals surface area contributed by atoms with Crippen molar-refractivity contribution in [3.05, 3.63) is 35.9 Å². The van der Waals surface area contributed by atoms with Crippen LogP contribution >= 0.6 is 0 Å². The topological polar surface area (TPSA) is 102 Å². The van der Waals surface area contributed by atoms with E-state index in [4.69, 9.17) is 9.47 Å². The third-order valence-electron chi connectivity index (χ3n) is 6.53. The summed E-state index contributed by atoms with van der Waals surface area (Å²) in [6, 6.07) is 9.04. The molecule has 0 saturated carbocycles. The van der Waals surface area contributed by atoms with Gasteiger partial charge in [-0.05, 0) is 24.8 Å². The molecule has 206 valence electrons. The van der Waals surface area contributed by atoms with Crippen LogP contribution in [-0.2, 0) is 35.1 Å². The summed E-state index contributed by atoms with van der Waals surface area (Å²) in [5.74, 6) is -1.63. The molecule has 1 aliphatic rings. The minimum absolute atomic E-state index is 0.0576. The molecule has 2 amide bonds. The van der Waals surface area contributed by atoms with Crippen LogP contribution in [0.2, 0.25) is 0 Å². The van der Waals surface area contributed by atoms with Gasteiger partial charge in [-0.25, -0.2) is 0 Å². The molecule has 1 unspecified atom stereocenters. The number of unbranched alkanes of at least 4 members (excludes halogenated alkanes) is 7. The molecule has 0 bridgehead atoms. The third kappa shape index (κ3) is 12.8. The minimum Gasteiger partial charge on any atom is -0.466 e. The van der Waals surface area contributed by atoms with Gasteiger partial charge in [-0.3, -0.25) is 19.2 Å². The molecule has 1 N–H and O–H groups in total. The molecule has 8 nitrogen and oxygen atoms in total. The molecule has 1 fully saturated rings. The molecule has 1 aromatic rings. The Morgan fingerprint density at radius 2 is 1.51 bits per heavy atom. The average Bonchev–Trinajstić information content (AvgIpc) is 2.90. The zero-order valence-corrected chi connectivity index (χ0v) is 22.4. The number of hydrogen-bond donors (Lipinski definition) is 1. The zero-order chi connectivity index (χ0) is 26.7. The van der Waals surface area contributed by atoms with E-state index in [9.17, 15) is 19.2 Å². The van der Waals surface area contributed by atoms with E-state index in [1.54, 1.807) is 0 Å². The second kappa shape index (κ2) is 18.4. The van der Waals surface area contributed by atoms with Crippen molar-refractivity contribution in [2.45, 2.75) is 96.4 Å². The molecular weight excluding hydrogens is 472 g/mol. The van der Waals surface area contributed by atoms with E-state index in [0.29, 0.717) is 32.7 Å². The SMILES string of the molecule is CCCCCCCCCCOC(=O)CC1C(=O)NCCN1C(=O)CCC(=O)OCCCc1ccccc1. The van der Waals surface area contributed by atoms with E-state index < -0.39 is 18.0 Å². The van der Waals surface area contributed by atoms with Gasteiger partial charge in [0.1, 0.15) is 6.04 Å². The van der Waals surface area contributed by atoms with E-state index in [1.807, 2.05) is 30.3 Å². The summed E-state index contributed by atoms with van der Waals surface area (Å²) >= 11 is 0. The van der Waals surface area contributed by atoms with E-state index in [-0.39, 0.29) is 31.1 Å². The number of carbonyl (C=O) groups excluding carboxylic acids is 4. The van der Waals surface area contributed by atoms with Gasteiger partial charge in [-0.2, -0.15) is 0 Å². The second-order valence-corrected chi connectivity index (χ2v) is 9.60. The third-order valence-corrected chi connectivity index (χ3v) is 6.53. The standard InChI is InChI=1S/C29H44N2O6/c1-2-3-4-5-6-7-8-12-21-37-28(34)23-25-29(35)30-19-20-31(25)26(32)17-18-27(33)36-22-13-16-24-14-10-9-11-15-24/h9-11,14-15,25H,2-8,12-13,16-23H2,1H3,(H,30,35). The Hall–Kier alpha value is -2.90. The average molecular weight is 517 g/mol. The van der Waals surface area contributed by atoms with Gasteiger partial charge in [0.15, 0.2) is 0 Å². The van der Waals surface area contributed by atoms with Crippen molar-refractivity contribution in [3.63, 3.8) is 0 Å². The maximum atomic E-state index is 12.8. The fraction of sp³-hybridized carbons (Fsp3) is 0.655. The van der Waals surface area contributed by atoms with Crippen molar-refractivity contribution < 1.29 is 28.7 Å². The Morgan fingerprint density at radius 3 is 2.24 bits per heavy atom. The molecule has 2 rings (SSSR count). The number of nitrogens with zero attached hydrogens (tertiary/aromatic N) is 1. The highest BCUT2D eigenvalue weighted by atomic mass is 16.5. The van der Waals surface area contributed by atoms with Crippen LogP contribution in [0.5, 0.6) is 0 Å². The van der Waals surface area contributed by atoms with Crippen LogP contribution in [0.4, 0.5) is 0 Å². The summed E-state index contributed by atoms with van der Waals surface area (Å²) in [5.41, 5.74) is 1.18. The molecular formula is C29H44N2O6. The first-order valence-corrected chi connectivity index (χ1v) is 13.9. The summed E-state index contributed by atoms with van der Waals surface area (Å²) in [7, 11) is 0. The summed E-state index contributed by atoms with van der Waals surface area (Å²) in [6.07, 6.45) is 10.4. The van der Waals surface area contributed by atoms with Crippen molar-refractivity contribution in [3.8, 4) is 0 Å². The number of hydrogen-bond acceptors (Lipinski definition) is 6. The number of piperazine rings is 1. The van der Waals surface area contributed by atoms with Crippen molar-refractivity contribution >= 4 is 23.8 Å². The zero-order valence-electron chi connectivity index (χ0n) is 22.4. The molecule has 0 aliphatic carbocycles. The molecule has 1 saturated heterocycles. The van der Waals surface area contributed by atoms with Crippen LogP contribution in [0.1, 0.15) is 89.5 Å². The molecule has 0 aromatic heterocycles. The molecule has 8 heteroatoms. The van der Waals surface area contributed by atoms with Crippen LogP contribution < -0.4 is 5.32 Å². The van der Waals surface area contributed by atoms with Gasteiger partial charge >= 0.3 is 11.9 Å². The van der Waals surface area contributed by atoms with Gasteiger partial charge in [-0.15, -0.1) is 0 Å². The lowest BCUT2D eigenvalue weighted by molar-refractivity contribution is -0.153. The number of nitrogens with one attached hydrogen (secondary N) is 1. The molecule has 1 atom stereocenters. The van der Waals surface area contributed by atoms with E-state index in [1.165, 1.54) is 42.6 Å². The molecule has 0 spiro atoms. The summed E-state index contributed by atoms with van der Waals surface area (Å²) in [5, 5.41) is 2.71. The van der Waals surface area contributed by atoms with Crippen molar-refractivity contribution in [2.24, 2.45) is 0 Å². The lowest BCUT2D eigenvalue weighted by Crippen LogP contribution is -2.57. The Morgan fingerprint density at radius 1 is 0.865 bits per heavy atom. The van der Waals surface area contributed by atoms with Crippen LogP contribution in [0.15, 0.2) is 30.3 Å². The molecule has 1 aromatic carbocycles. The van der Waals surface area contributed by atoms with Crippen LogP contribution in [-0.4, -0.2) is 61.0 Å². The van der Waals surface area contributed by atoms with Crippen molar-refractivity contribution in [2.75, 3.05) is 26.3 Å². The first-order valence-electron chi connectivity index (χ1n) is 13.9. The van der Waals surface area contributed by atoms with E-state index >= 15 is 0 Å². The number of ether oxygens (including phenoxy) is 2. The molecule has 37 heavy (non-hydrogen) atoms. The molecule has 1 heterocycles. The Labute approximate surface area is 221 Å². The maximum absolute atomic E-state index is 12.8. The monoisotopic (exact) mass is 516 g/mol. The lowest BCUT2D eigenvalue weighted by atomic mass is 10.1. The smallest absolute Gasteiger partial charge is 0.308 e. The highest BCUT2D eigenvalue weighted by Crippen LogP contribution is 2.14. The van der Waals surface area contributed by atoms with Gasteiger partial charge < -0.3 is 19.7 Å². The number of esters is 2. The van der Waals surface area contributed by atoms with Crippen LogP contribution in [0.25, 0.3) is 0 Å². The summed E-state index contributed by atoms with van der Waals surface area (Å²) < 4.78 is 10.6. The highest BCUT2D eigenvalue weighted by molar-refractivity contribution is 5.92. The van der Waals surface area contributed by atoms with Gasteiger partial charge in [-0.1, -0.05) is 82.2 Å². The highest BCUT2D eigenvalue weighted by Gasteiger charge is 2.35. The van der Waals surface area contributed by atoms with E-state index in [2.05, 4.69) is 12.2 Å². The Kier molecular flexibility index (Phi) is 15.0. The molecule has 0 radical (unpaired) electrons. The number of benzene rings is 1. The predicted octanol–water partition coefficient (Wildman–Crippen LogP) is 4.34. The van der Waals surface area contributed by atoms with E-state index in [0.717, 1.165) is 25.7 Å². The quantitative estimate of drug-likeness (QED) is 0.230. The maximum Gasteiger partial charge on any atom is 0.308 e. The van der Waals surface area contributed by atoms with Gasteiger partial charge in [0, 0.05) is 19.5 Å². The van der Waals surface area contributed by atoms with Crippen LogP contribution in [0.3, 0.4) is 0 Å². The van der Waals surface area contributed by atoms with Gasteiger partial charge in [0.25, 0.3) is 0 Å². The number of amides is 2. The fourth-order valence-electron chi connectivity index (χ4n) is 4.39. The number of carbonyl (C=O) groups is 4. The first kappa shape index (κ1) is 30.3. The summed E-state index contributed by atoms with van der Waals surface area (Å²) in [4.78, 5) is 51.0. The largest absolute Gasteiger partial charge is 0.466 e. The van der Waals surface area contributed by atoms with Crippen LogP contribution in [0, 0.1) is 0 Å². The van der Waals surface area contributed by atoms with Gasteiger partial charge in [0.05, 0.1) is 26.1 Å². The summed E-state index contributed by atoms with van der Waals surface area (Å²) in [6.45, 7) is 3.44. The fourth-order valence-corrected chi connectivity index (χ4v) is 4.39. The number of aryl methyl sites for hydroxylation is 1. The molecule has 1 aliphatic heterocycles. The second-order valence-electron chi connectivity index (χ2n) is 9.60. The van der Waals surface area contributed by atoms with Crippen molar-refractivity contribution in [1.29, 1.82) is 0 Å². The normalized spacial score (nSPS) is 15.2. The lowest BCUT2D eigenvalue weighted by Gasteiger charge is -2.34. The predicted molar refractivity (Wildman–Crippen MR) is 142 cm³/mol. The minimum atomic E-state index is -0.908. The number of rotatable bonds is 18. The van der Waals surface area contributed by atoms with Gasteiger partial charge in [0.2, 0.25) is 11.8 Å². The first-order chi connectivity index (χ1) is 18.0. The Bertz CT molecular complexity index is 829. The Balaban J connectivity index is 1.64. The van der Waals surface area contributed by atoms with Crippen molar-refractivity contribution in [1.82, 2.24) is 10.2 Å².